The zero-order valence-electron chi connectivity index (χ0n) is 12.0. The first kappa shape index (κ1) is 14.5. The number of aliphatic carboxylic acids is 1. The zero-order chi connectivity index (χ0) is 14.2. The van der Waals surface area contributed by atoms with Gasteiger partial charge in [0.15, 0.2) is 0 Å². The summed E-state index contributed by atoms with van der Waals surface area (Å²) in [6.45, 7) is 9.25. The van der Waals surface area contributed by atoms with Crippen LogP contribution in [0.3, 0.4) is 0 Å². The van der Waals surface area contributed by atoms with E-state index in [2.05, 4.69) is 30.7 Å². The minimum atomic E-state index is -0.650. The first-order chi connectivity index (χ1) is 8.88. The van der Waals surface area contributed by atoms with Crippen LogP contribution in [0.25, 0.3) is 0 Å². The molecule has 0 amide bonds. The fraction of sp³-hybridized carbons (Fsp3) is 0.714. The highest BCUT2D eigenvalue weighted by molar-refractivity contribution is 7.11. The minimum Gasteiger partial charge on any atom is -0.481 e. The second-order valence-corrected chi connectivity index (χ2v) is 6.91. The molecule has 0 radical (unpaired) electrons. The molecule has 1 N–H and O–H groups in total. The summed E-state index contributed by atoms with van der Waals surface area (Å²) >= 11 is 1.75. The second-order valence-electron chi connectivity index (χ2n) is 5.62. The molecule has 2 atom stereocenters. The lowest BCUT2D eigenvalue weighted by Crippen LogP contribution is -2.47. The minimum absolute atomic E-state index is 0.189. The second kappa shape index (κ2) is 5.59. The maximum absolute atomic E-state index is 11.1. The molecule has 0 aliphatic carbocycles. The smallest absolute Gasteiger partial charge is 0.306 e. The molecular weight excluding hydrogens is 260 g/mol. The number of aromatic nitrogens is 1. The molecule has 106 valence electrons. The molecule has 0 saturated carbocycles. The normalized spacial score (nSPS) is 28.5. The van der Waals surface area contributed by atoms with E-state index in [4.69, 9.17) is 0 Å². The molecule has 0 spiro atoms. The summed E-state index contributed by atoms with van der Waals surface area (Å²) in [6.07, 6.45) is 1.49. The Bertz CT molecular complexity index is 460. The fourth-order valence-corrected chi connectivity index (χ4v) is 3.97. The molecule has 2 rings (SSSR count). The van der Waals surface area contributed by atoms with Gasteiger partial charge in [0.05, 0.1) is 16.6 Å². The average molecular weight is 282 g/mol. The standard InChI is InChI=1S/C14H22N2O2S/c1-8-5-12(14(17)18)6-9(2)16(8)7-13-10(3)15-11(4)19-13/h8-9,12H,5-7H2,1-4H3,(H,17,18). The number of carboxylic acids is 1. The number of piperidine rings is 1. The van der Waals surface area contributed by atoms with Crippen LogP contribution in [0.1, 0.15) is 42.3 Å². The number of likely N-dealkylation sites (tertiary alicyclic amines) is 1. The maximum Gasteiger partial charge on any atom is 0.306 e. The number of thiazole rings is 1. The lowest BCUT2D eigenvalue weighted by molar-refractivity contribution is -0.145. The predicted molar refractivity (Wildman–Crippen MR) is 76.4 cm³/mol. The van der Waals surface area contributed by atoms with Crippen molar-refractivity contribution >= 4 is 17.3 Å². The molecule has 1 saturated heterocycles. The highest BCUT2D eigenvalue weighted by Crippen LogP contribution is 2.31. The van der Waals surface area contributed by atoms with Crippen molar-refractivity contribution in [2.45, 2.75) is 59.2 Å². The number of hydrogen-bond donors (Lipinski definition) is 1. The molecule has 4 nitrogen and oxygen atoms in total. The lowest BCUT2D eigenvalue weighted by atomic mass is 9.87. The van der Waals surface area contributed by atoms with E-state index in [0.29, 0.717) is 12.1 Å². The van der Waals surface area contributed by atoms with Crippen molar-refractivity contribution in [1.82, 2.24) is 9.88 Å². The Morgan fingerprint density at radius 2 is 1.95 bits per heavy atom. The van der Waals surface area contributed by atoms with Crippen molar-refractivity contribution in [3.63, 3.8) is 0 Å². The number of carboxylic acid groups (broad SMARTS) is 1. The van der Waals surface area contributed by atoms with E-state index < -0.39 is 5.97 Å². The van der Waals surface area contributed by atoms with Gasteiger partial charge in [-0.05, 0) is 40.5 Å². The van der Waals surface area contributed by atoms with Gasteiger partial charge in [0.2, 0.25) is 0 Å². The summed E-state index contributed by atoms with van der Waals surface area (Å²) in [5, 5.41) is 10.3. The third-order valence-corrected chi connectivity index (χ3v) is 5.12. The molecule has 19 heavy (non-hydrogen) atoms. The van der Waals surface area contributed by atoms with E-state index in [1.165, 1.54) is 4.88 Å². The number of aryl methyl sites for hydroxylation is 2. The van der Waals surface area contributed by atoms with E-state index in [-0.39, 0.29) is 5.92 Å². The van der Waals surface area contributed by atoms with Gasteiger partial charge >= 0.3 is 5.97 Å². The van der Waals surface area contributed by atoms with Crippen LogP contribution in [0, 0.1) is 19.8 Å². The van der Waals surface area contributed by atoms with Gasteiger partial charge in [0, 0.05) is 23.5 Å². The Morgan fingerprint density at radius 1 is 1.37 bits per heavy atom. The quantitative estimate of drug-likeness (QED) is 0.926. The number of rotatable bonds is 3. The number of carbonyl (C=O) groups is 1. The van der Waals surface area contributed by atoms with E-state index in [1.807, 2.05) is 6.92 Å². The first-order valence-electron chi connectivity index (χ1n) is 6.80. The Morgan fingerprint density at radius 3 is 2.37 bits per heavy atom. The number of nitrogens with zero attached hydrogens (tertiary/aromatic N) is 2. The van der Waals surface area contributed by atoms with Crippen LogP contribution in [0.5, 0.6) is 0 Å². The Labute approximate surface area is 118 Å². The Hall–Kier alpha value is -0.940. The van der Waals surface area contributed by atoms with Crippen LogP contribution in [0.4, 0.5) is 0 Å². The molecule has 2 heterocycles. The van der Waals surface area contributed by atoms with Crippen molar-refractivity contribution in [3.8, 4) is 0 Å². The SMILES string of the molecule is Cc1nc(C)c(CN2C(C)CC(C(=O)O)CC2C)s1. The first-order valence-corrected chi connectivity index (χ1v) is 7.61. The van der Waals surface area contributed by atoms with Crippen molar-refractivity contribution in [1.29, 1.82) is 0 Å². The molecule has 0 aromatic carbocycles. The van der Waals surface area contributed by atoms with E-state index in [0.717, 1.165) is 30.1 Å². The summed E-state index contributed by atoms with van der Waals surface area (Å²) in [6, 6.07) is 0.623. The van der Waals surface area contributed by atoms with Crippen molar-refractivity contribution in [2.24, 2.45) is 5.92 Å². The van der Waals surface area contributed by atoms with Crippen molar-refractivity contribution in [2.75, 3.05) is 0 Å². The molecule has 1 aromatic rings. The largest absolute Gasteiger partial charge is 0.481 e. The summed E-state index contributed by atoms with van der Waals surface area (Å²) in [5.41, 5.74) is 1.11. The molecule has 1 aromatic heterocycles. The van der Waals surface area contributed by atoms with Crippen LogP contribution in [0.2, 0.25) is 0 Å². The third kappa shape index (κ3) is 3.15. The highest BCUT2D eigenvalue weighted by atomic mass is 32.1. The Balaban J connectivity index is 2.09. The van der Waals surface area contributed by atoms with Crippen molar-refractivity contribution < 1.29 is 9.90 Å². The van der Waals surface area contributed by atoms with Gasteiger partial charge in [-0.1, -0.05) is 0 Å². The summed E-state index contributed by atoms with van der Waals surface area (Å²) in [5.74, 6) is -0.839. The molecule has 1 aliphatic rings. The van der Waals surface area contributed by atoms with Gasteiger partial charge in [-0.25, -0.2) is 4.98 Å². The molecule has 1 fully saturated rings. The molecule has 2 unspecified atom stereocenters. The third-order valence-electron chi connectivity index (χ3n) is 4.06. The van der Waals surface area contributed by atoms with Crippen LogP contribution in [-0.4, -0.2) is 33.0 Å². The highest BCUT2D eigenvalue weighted by Gasteiger charge is 2.34. The lowest BCUT2D eigenvalue weighted by Gasteiger charge is -2.41. The van der Waals surface area contributed by atoms with E-state index in [9.17, 15) is 9.90 Å². The van der Waals surface area contributed by atoms with E-state index in [1.54, 1.807) is 11.3 Å². The average Bonchev–Trinajstić information content (AvgIpc) is 2.62. The molecule has 5 heteroatoms. The van der Waals surface area contributed by atoms with Gasteiger partial charge in [-0.15, -0.1) is 11.3 Å². The van der Waals surface area contributed by atoms with Gasteiger partial charge in [-0.2, -0.15) is 0 Å². The van der Waals surface area contributed by atoms with Gasteiger partial charge in [-0.3, -0.25) is 9.69 Å². The van der Waals surface area contributed by atoms with Gasteiger partial charge < -0.3 is 5.11 Å². The summed E-state index contributed by atoms with van der Waals surface area (Å²) < 4.78 is 0. The topological polar surface area (TPSA) is 53.4 Å². The Kier molecular flexibility index (Phi) is 4.26. The maximum atomic E-state index is 11.1. The van der Waals surface area contributed by atoms with Crippen LogP contribution in [0.15, 0.2) is 0 Å². The van der Waals surface area contributed by atoms with Crippen LogP contribution < -0.4 is 0 Å². The number of hydrogen-bond acceptors (Lipinski definition) is 4. The predicted octanol–water partition coefficient (Wildman–Crippen LogP) is 2.83. The fourth-order valence-electron chi connectivity index (χ4n) is 3.02. The molecular formula is C14H22N2O2S. The van der Waals surface area contributed by atoms with Gasteiger partial charge in [0.25, 0.3) is 0 Å². The molecule has 0 bridgehead atoms. The summed E-state index contributed by atoms with van der Waals surface area (Å²) in [7, 11) is 0. The zero-order valence-corrected chi connectivity index (χ0v) is 12.8. The van der Waals surface area contributed by atoms with Crippen LogP contribution in [-0.2, 0) is 11.3 Å². The van der Waals surface area contributed by atoms with Crippen molar-refractivity contribution in [3.05, 3.63) is 15.6 Å². The summed E-state index contributed by atoms with van der Waals surface area (Å²) in [4.78, 5) is 19.3. The van der Waals surface area contributed by atoms with Crippen LogP contribution >= 0.6 is 11.3 Å². The monoisotopic (exact) mass is 282 g/mol. The van der Waals surface area contributed by atoms with E-state index >= 15 is 0 Å². The molecule has 1 aliphatic heterocycles. The van der Waals surface area contributed by atoms with Gasteiger partial charge in [0.1, 0.15) is 0 Å².